The minimum atomic E-state index is 0.395. The van der Waals surface area contributed by atoms with Crippen LogP contribution in [0.4, 0.5) is 11.5 Å². The van der Waals surface area contributed by atoms with Crippen LogP contribution in [0.3, 0.4) is 0 Å². The molecule has 1 aromatic carbocycles. The Bertz CT molecular complexity index is 1190. The Morgan fingerprint density at radius 2 is 1.97 bits per heavy atom. The molecule has 166 valence electrons. The molecule has 33 heavy (non-hydrogen) atoms. The number of hydrogen-bond acceptors (Lipinski definition) is 6. The van der Waals surface area contributed by atoms with Crippen molar-refractivity contribution in [2.45, 2.75) is 13.0 Å². The largest absolute Gasteiger partial charge is 0.497 e. The molecule has 0 spiro atoms. The molecular weight excluding hydrogens is 414 g/mol. The van der Waals surface area contributed by atoms with Crippen molar-refractivity contribution >= 4 is 17.9 Å². The van der Waals surface area contributed by atoms with E-state index in [4.69, 9.17) is 9.72 Å². The number of methoxy groups -OCH3 is 1. The SMILES string of the molecule is COc1cccc(-c2ccc(N(C=O)Cc3cccnc3)c(NCCc3ccccn3)n2)c1. The lowest BCUT2D eigenvalue weighted by atomic mass is 10.1. The molecule has 1 N–H and O–H groups in total. The number of ether oxygens (including phenoxy) is 1. The van der Waals surface area contributed by atoms with E-state index in [1.807, 2.05) is 66.7 Å². The van der Waals surface area contributed by atoms with Gasteiger partial charge in [-0.1, -0.05) is 24.3 Å². The van der Waals surface area contributed by atoms with Crippen LogP contribution in [-0.2, 0) is 17.8 Å². The van der Waals surface area contributed by atoms with Crippen LogP contribution in [0.15, 0.2) is 85.3 Å². The zero-order valence-electron chi connectivity index (χ0n) is 18.4. The Labute approximate surface area is 193 Å². The molecule has 1 amide bonds. The fraction of sp³-hybridized carbons (Fsp3) is 0.154. The summed E-state index contributed by atoms with van der Waals surface area (Å²) in [7, 11) is 1.64. The molecule has 4 aromatic rings. The number of rotatable bonds is 10. The molecule has 0 fully saturated rings. The highest BCUT2D eigenvalue weighted by molar-refractivity contribution is 5.83. The van der Waals surface area contributed by atoms with Crippen LogP contribution in [0, 0.1) is 0 Å². The predicted molar refractivity (Wildman–Crippen MR) is 129 cm³/mol. The quantitative estimate of drug-likeness (QED) is 0.370. The normalized spacial score (nSPS) is 10.5. The first-order valence-electron chi connectivity index (χ1n) is 10.7. The van der Waals surface area contributed by atoms with Gasteiger partial charge in [0.15, 0.2) is 5.82 Å². The van der Waals surface area contributed by atoms with Gasteiger partial charge in [-0.05, 0) is 48.0 Å². The number of carbonyl (C=O) groups excluding carboxylic acids is 1. The Morgan fingerprint density at radius 3 is 2.73 bits per heavy atom. The molecule has 0 radical (unpaired) electrons. The number of benzene rings is 1. The molecule has 0 aliphatic carbocycles. The van der Waals surface area contributed by atoms with E-state index in [1.54, 1.807) is 30.6 Å². The van der Waals surface area contributed by atoms with Crippen molar-refractivity contribution in [2.75, 3.05) is 23.9 Å². The average Bonchev–Trinajstić information content (AvgIpc) is 2.88. The van der Waals surface area contributed by atoms with Gasteiger partial charge in [-0.25, -0.2) is 4.98 Å². The van der Waals surface area contributed by atoms with Crippen molar-refractivity contribution in [3.63, 3.8) is 0 Å². The first-order chi connectivity index (χ1) is 16.3. The lowest BCUT2D eigenvalue weighted by Crippen LogP contribution is -2.23. The van der Waals surface area contributed by atoms with Gasteiger partial charge in [0.05, 0.1) is 25.0 Å². The number of aromatic nitrogens is 3. The minimum absolute atomic E-state index is 0.395. The number of amides is 1. The molecule has 0 atom stereocenters. The average molecular weight is 440 g/mol. The van der Waals surface area contributed by atoms with Gasteiger partial charge < -0.3 is 15.0 Å². The van der Waals surface area contributed by atoms with Crippen LogP contribution in [0.2, 0.25) is 0 Å². The van der Waals surface area contributed by atoms with Crippen LogP contribution in [-0.4, -0.2) is 35.0 Å². The minimum Gasteiger partial charge on any atom is -0.497 e. The number of pyridine rings is 3. The molecule has 4 rings (SSSR count). The summed E-state index contributed by atoms with van der Waals surface area (Å²) in [6.45, 7) is 1.02. The predicted octanol–water partition coefficient (Wildman–Crippen LogP) is 4.36. The number of carbonyl (C=O) groups is 1. The van der Waals surface area contributed by atoms with E-state index in [0.29, 0.717) is 24.6 Å². The van der Waals surface area contributed by atoms with Gasteiger partial charge >= 0.3 is 0 Å². The van der Waals surface area contributed by atoms with Gasteiger partial charge in [0.1, 0.15) is 5.75 Å². The number of nitrogens with zero attached hydrogens (tertiary/aromatic N) is 4. The topological polar surface area (TPSA) is 80.2 Å². The Balaban J connectivity index is 1.63. The van der Waals surface area contributed by atoms with Crippen molar-refractivity contribution in [2.24, 2.45) is 0 Å². The van der Waals surface area contributed by atoms with E-state index in [9.17, 15) is 4.79 Å². The first kappa shape index (κ1) is 22.0. The van der Waals surface area contributed by atoms with Crippen molar-refractivity contribution in [1.82, 2.24) is 15.0 Å². The van der Waals surface area contributed by atoms with Gasteiger partial charge in [0, 0.05) is 42.8 Å². The fourth-order valence-electron chi connectivity index (χ4n) is 3.48. The maximum atomic E-state index is 12.0. The summed E-state index contributed by atoms with van der Waals surface area (Å²) in [5.74, 6) is 1.39. The molecule has 3 heterocycles. The third-order valence-electron chi connectivity index (χ3n) is 5.15. The van der Waals surface area contributed by atoms with Crippen LogP contribution >= 0.6 is 0 Å². The lowest BCUT2D eigenvalue weighted by molar-refractivity contribution is -0.107. The van der Waals surface area contributed by atoms with E-state index >= 15 is 0 Å². The summed E-state index contributed by atoms with van der Waals surface area (Å²) in [5.41, 5.74) is 4.32. The first-order valence-corrected chi connectivity index (χ1v) is 10.7. The molecule has 7 nitrogen and oxygen atoms in total. The number of nitrogens with one attached hydrogen (secondary N) is 1. The Hall–Kier alpha value is -4.26. The van der Waals surface area contributed by atoms with Crippen molar-refractivity contribution in [1.29, 1.82) is 0 Å². The highest BCUT2D eigenvalue weighted by Gasteiger charge is 2.15. The molecule has 0 saturated heterocycles. The summed E-state index contributed by atoms with van der Waals surface area (Å²) in [4.78, 5) is 27.0. The van der Waals surface area contributed by atoms with E-state index in [1.165, 1.54) is 0 Å². The summed E-state index contributed by atoms with van der Waals surface area (Å²) in [5, 5.41) is 3.40. The van der Waals surface area contributed by atoms with Gasteiger partial charge in [0.2, 0.25) is 6.41 Å². The standard InChI is InChI=1S/C26H25N5O2/c1-33-23-9-4-7-21(16-23)24-10-11-25(31(19-32)18-20-6-5-13-27-17-20)26(30-24)29-15-12-22-8-2-3-14-28-22/h2-11,13-14,16-17,19H,12,15,18H2,1H3,(H,29,30). The van der Waals surface area contributed by atoms with E-state index in [0.717, 1.165) is 41.1 Å². The molecule has 0 aliphatic rings. The summed E-state index contributed by atoms with van der Waals surface area (Å²) in [6.07, 6.45) is 6.80. The Morgan fingerprint density at radius 1 is 1.03 bits per heavy atom. The molecule has 0 bridgehead atoms. The molecular formula is C26H25N5O2. The van der Waals surface area contributed by atoms with Gasteiger partial charge in [-0.3, -0.25) is 14.8 Å². The lowest BCUT2D eigenvalue weighted by Gasteiger charge is -2.21. The zero-order chi connectivity index (χ0) is 22.9. The second-order valence-electron chi connectivity index (χ2n) is 7.39. The number of hydrogen-bond donors (Lipinski definition) is 1. The summed E-state index contributed by atoms with van der Waals surface area (Å²) in [6, 6.07) is 21.2. The molecule has 7 heteroatoms. The maximum absolute atomic E-state index is 12.0. The zero-order valence-corrected chi connectivity index (χ0v) is 18.4. The van der Waals surface area contributed by atoms with Crippen molar-refractivity contribution in [3.8, 4) is 17.0 Å². The van der Waals surface area contributed by atoms with Gasteiger partial charge in [-0.2, -0.15) is 0 Å². The highest BCUT2D eigenvalue weighted by atomic mass is 16.5. The molecule has 0 aliphatic heterocycles. The van der Waals surface area contributed by atoms with E-state index < -0.39 is 0 Å². The maximum Gasteiger partial charge on any atom is 0.214 e. The highest BCUT2D eigenvalue weighted by Crippen LogP contribution is 2.30. The van der Waals surface area contributed by atoms with Crippen molar-refractivity contribution < 1.29 is 9.53 Å². The molecule has 3 aromatic heterocycles. The Kier molecular flexibility index (Phi) is 7.22. The van der Waals surface area contributed by atoms with Crippen LogP contribution < -0.4 is 15.0 Å². The molecule has 0 saturated carbocycles. The second-order valence-corrected chi connectivity index (χ2v) is 7.39. The third kappa shape index (κ3) is 5.71. The third-order valence-corrected chi connectivity index (χ3v) is 5.15. The fourth-order valence-corrected chi connectivity index (χ4v) is 3.48. The summed E-state index contributed by atoms with van der Waals surface area (Å²) >= 11 is 0. The van der Waals surface area contributed by atoms with E-state index in [2.05, 4.69) is 15.3 Å². The van der Waals surface area contributed by atoms with Crippen LogP contribution in [0.1, 0.15) is 11.3 Å². The van der Waals surface area contributed by atoms with Gasteiger partial charge in [-0.15, -0.1) is 0 Å². The smallest absolute Gasteiger partial charge is 0.214 e. The van der Waals surface area contributed by atoms with Gasteiger partial charge in [0.25, 0.3) is 0 Å². The monoisotopic (exact) mass is 439 g/mol. The second kappa shape index (κ2) is 10.9. The molecule has 0 unspecified atom stereocenters. The van der Waals surface area contributed by atoms with Crippen LogP contribution in [0.5, 0.6) is 5.75 Å². The van der Waals surface area contributed by atoms with E-state index in [-0.39, 0.29) is 0 Å². The number of anilines is 2. The van der Waals surface area contributed by atoms with Crippen LogP contribution in [0.25, 0.3) is 11.3 Å². The van der Waals surface area contributed by atoms with Crippen molar-refractivity contribution in [3.05, 3.63) is 96.6 Å². The summed E-state index contributed by atoms with van der Waals surface area (Å²) < 4.78 is 5.36.